The highest BCUT2D eigenvalue weighted by Crippen LogP contribution is 2.36. The second-order valence-corrected chi connectivity index (χ2v) is 21.3. The van der Waals surface area contributed by atoms with Crippen LogP contribution in [0, 0.1) is 0 Å². The van der Waals surface area contributed by atoms with Crippen LogP contribution in [0.25, 0.3) is 0 Å². The van der Waals surface area contributed by atoms with Gasteiger partial charge in [0.15, 0.2) is 43.0 Å². The number of aliphatic hydroxyl groups excluding tert-OH is 21. The lowest BCUT2D eigenvalue weighted by Gasteiger charge is -2.50. The predicted molar refractivity (Wildman–Crippen MR) is 274 cm³/mol. The lowest BCUT2D eigenvalue weighted by molar-refractivity contribution is -0.385. The molecule has 5 fully saturated rings. The zero-order chi connectivity index (χ0) is 65.0. The maximum Gasteiger partial charge on any atom is 0.217 e. The van der Waals surface area contributed by atoms with E-state index in [0.29, 0.717) is 0 Å². The van der Waals surface area contributed by atoms with E-state index in [9.17, 15) is 117 Å². The summed E-state index contributed by atoms with van der Waals surface area (Å²) in [5.74, 6) is -5.14. The normalized spacial score (nSPS) is 40.8. The van der Waals surface area contributed by atoms with E-state index in [1.54, 1.807) is 0 Å². The smallest absolute Gasteiger partial charge is 0.217 e. The van der Waals surface area contributed by atoms with Gasteiger partial charge in [-0.05, 0) is 13.3 Å². The van der Waals surface area contributed by atoms with Crippen molar-refractivity contribution in [2.75, 3.05) is 46.2 Å². The Hall–Kier alpha value is -3.45. The van der Waals surface area contributed by atoms with Crippen molar-refractivity contribution in [2.24, 2.45) is 0 Å². The molecule has 0 aromatic carbocycles. The molecule has 0 aliphatic carbocycles. The van der Waals surface area contributed by atoms with Crippen LogP contribution in [0.5, 0.6) is 0 Å². The number of aliphatic hydroxyl groups is 21. The van der Waals surface area contributed by atoms with Gasteiger partial charge in [0.2, 0.25) is 24.0 Å². The number of amides is 3. The molecule has 0 bridgehead atoms. The quantitative estimate of drug-likeness (QED) is 0.0244. The zero-order valence-electron chi connectivity index (χ0n) is 47.4. The average Bonchev–Trinajstić information content (AvgIpc) is 2.16. The van der Waals surface area contributed by atoms with Crippen LogP contribution in [0.4, 0.5) is 0 Å². The van der Waals surface area contributed by atoms with Gasteiger partial charge < -0.3 is 175 Å². The first-order valence-corrected chi connectivity index (χ1v) is 27.6. The molecule has 5 aliphatic heterocycles. The summed E-state index contributed by atoms with van der Waals surface area (Å²) in [7, 11) is 0. The lowest BCUT2D eigenvalue weighted by atomic mass is 9.92. The summed E-state index contributed by atoms with van der Waals surface area (Å²) in [5, 5.41) is 233. The molecule has 38 nitrogen and oxygen atoms in total. The molecule has 5 aliphatic rings. The molecule has 0 aromatic heterocycles. The van der Waals surface area contributed by atoms with Crippen molar-refractivity contribution in [2.45, 2.75) is 231 Å². The van der Waals surface area contributed by atoms with Gasteiger partial charge in [-0.2, -0.15) is 0 Å². The Labute approximate surface area is 495 Å². The molecule has 87 heavy (non-hydrogen) atoms. The zero-order valence-corrected chi connectivity index (χ0v) is 47.4. The molecular weight excluding hydrogens is 1190 g/mol. The van der Waals surface area contributed by atoms with E-state index in [1.165, 1.54) is 6.92 Å². The van der Waals surface area contributed by atoms with E-state index < -0.39 is 278 Å². The first-order chi connectivity index (χ1) is 41.0. The average molecular weight is 1280 g/mol. The molecule has 0 aromatic rings. The Kier molecular flexibility index (Phi) is 28.8. The van der Waals surface area contributed by atoms with Gasteiger partial charge in [-0.15, -0.1) is 0 Å². The largest absolute Gasteiger partial charge is 0.506 e. The van der Waals surface area contributed by atoms with Gasteiger partial charge in [0.25, 0.3) is 0 Å². The molecule has 5 rings (SSSR count). The van der Waals surface area contributed by atoms with E-state index >= 15 is 0 Å². The second kappa shape index (κ2) is 33.7. The van der Waals surface area contributed by atoms with Crippen LogP contribution >= 0.6 is 0 Å². The minimum Gasteiger partial charge on any atom is -0.506 e. The highest BCUT2D eigenvalue weighted by atomic mass is 16.8. The van der Waals surface area contributed by atoms with Crippen molar-refractivity contribution in [3.8, 4) is 0 Å². The molecule has 24 N–H and O–H groups in total. The second-order valence-electron chi connectivity index (χ2n) is 21.3. The molecule has 0 saturated carbocycles. The molecule has 0 radical (unpaired) electrons. The SMILES string of the molecule is CC(=O)NC1C(O)[C@H](O[C@@H]2OC(CO[C@H]3OC(CO)[C@@H](O)C(O)C3O[C@H](O)C(NC(C)=O)C(O)[C@@H](CCO)O[C@H](O)/C(O)=C(/O)[C@@H](O)CCO)[C@@H](O)C(OC3OC(CO)C(O)C(O)C3O)C2O)C(CO)O[C@H]1O[C@@H]1C(CO)O[C@@H](C)C(NC(C)=O)C1O. The monoisotopic (exact) mass is 1280 g/mol. The molecule has 19 unspecified atom stereocenters. The summed E-state index contributed by atoms with van der Waals surface area (Å²) >= 11 is 0. The Morgan fingerprint density at radius 1 is 0.483 bits per heavy atom. The van der Waals surface area contributed by atoms with E-state index in [1.807, 2.05) is 0 Å². The van der Waals surface area contributed by atoms with Crippen LogP contribution < -0.4 is 16.0 Å². The van der Waals surface area contributed by atoms with E-state index in [2.05, 4.69) is 16.0 Å². The Morgan fingerprint density at radius 3 is 1.52 bits per heavy atom. The summed E-state index contributed by atoms with van der Waals surface area (Å²) < 4.78 is 63.5. The number of carbonyl (C=O) groups excluding carboxylic acids is 3. The highest BCUT2D eigenvalue weighted by Gasteiger charge is 2.57. The maximum atomic E-state index is 12.7. The van der Waals surface area contributed by atoms with Gasteiger partial charge in [0.1, 0.15) is 134 Å². The number of carbonyl (C=O) groups is 3. The minimum atomic E-state index is -2.60. The van der Waals surface area contributed by atoms with E-state index in [0.717, 1.165) is 20.8 Å². The van der Waals surface area contributed by atoms with Crippen molar-refractivity contribution in [3.63, 3.8) is 0 Å². The fraction of sp³-hybridized carbons (Fsp3) is 0.898. The first-order valence-electron chi connectivity index (χ1n) is 27.6. The fourth-order valence-corrected chi connectivity index (χ4v) is 10.4. The summed E-state index contributed by atoms with van der Waals surface area (Å²) in [6.45, 7) is -2.02. The topological polar surface area (TPSA) is 614 Å². The fourth-order valence-electron chi connectivity index (χ4n) is 10.4. The van der Waals surface area contributed by atoms with E-state index in [4.69, 9.17) is 57.2 Å². The van der Waals surface area contributed by atoms with Crippen molar-refractivity contribution < 1.29 is 174 Å². The van der Waals surface area contributed by atoms with Gasteiger partial charge in [-0.25, -0.2) is 0 Å². The molecule has 0 spiro atoms. The van der Waals surface area contributed by atoms with Gasteiger partial charge >= 0.3 is 0 Å². The molecular formula is C49H85N3O35. The van der Waals surface area contributed by atoms with Gasteiger partial charge in [0, 0.05) is 40.4 Å². The predicted octanol–water partition coefficient (Wildman–Crippen LogP) is -13.2. The third kappa shape index (κ3) is 18.2. The van der Waals surface area contributed by atoms with Crippen LogP contribution in [-0.4, -0.2) is 361 Å². The Bertz CT molecular complexity index is 2160. The molecule has 3 amide bonds. The third-order valence-corrected chi connectivity index (χ3v) is 15.0. The Morgan fingerprint density at radius 2 is 0.966 bits per heavy atom. The van der Waals surface area contributed by atoms with Crippen molar-refractivity contribution in [3.05, 3.63) is 11.5 Å². The summed E-state index contributed by atoms with van der Waals surface area (Å²) in [6, 6.07) is -5.05. The first kappa shape index (κ1) is 74.3. The molecule has 506 valence electrons. The standard InChI is InChI=1S/C49H85N3O35/c1-14-25(50-15(2)59)33(68)40(22(11-57)78-14)85-46-27(52-17(4)61)34(69)41(23(12-58)82-46)86-48-39(74)42(87-47-38(73)35(70)30(65)20(9-55)80-47)32(67)24(83-48)13-77-49-43(36(71)31(66)21(10-56)81-49)84-44(75)26(51-16(3)60)29(64)19(6-8-54)79-45(76)37(72)28(63)18(62)5-7-53/h14,18-27,29-36,38-49,53-58,62-76H,5-13H2,1-4H3,(H,50,59)(H,51,60)(H,52,61)/b37-28-/t14-,18-,19+,20?,21?,22?,23?,24?,25?,26?,27?,29?,30?,31+,32+,33?,34?,35?,36?,38?,39?,40+,41+,42?,43?,44-,45-,46-,47?,48-,49-/m0/s1. The lowest BCUT2D eigenvalue weighted by Crippen LogP contribution is -2.70. The maximum absolute atomic E-state index is 12.7. The summed E-state index contributed by atoms with van der Waals surface area (Å²) in [5.41, 5.74) is 0. The molecule has 5 saturated heterocycles. The number of rotatable bonds is 29. The van der Waals surface area contributed by atoms with Crippen molar-refractivity contribution in [1.82, 2.24) is 16.0 Å². The van der Waals surface area contributed by atoms with Gasteiger partial charge in [0.05, 0.1) is 51.3 Å². The van der Waals surface area contributed by atoms with Crippen LogP contribution in [0.1, 0.15) is 40.5 Å². The van der Waals surface area contributed by atoms with Crippen LogP contribution in [-0.2, 0) is 66.5 Å². The van der Waals surface area contributed by atoms with Crippen LogP contribution in [0.2, 0.25) is 0 Å². The van der Waals surface area contributed by atoms with Gasteiger partial charge in [-0.1, -0.05) is 0 Å². The number of ether oxygens (including phenoxy) is 11. The summed E-state index contributed by atoms with van der Waals surface area (Å²) in [6.07, 6.45) is -57.2. The third-order valence-electron chi connectivity index (χ3n) is 15.0. The number of hydrogen-bond donors (Lipinski definition) is 24. The van der Waals surface area contributed by atoms with Crippen molar-refractivity contribution in [1.29, 1.82) is 0 Å². The summed E-state index contributed by atoms with van der Waals surface area (Å²) in [4.78, 5) is 37.3. The van der Waals surface area contributed by atoms with Crippen molar-refractivity contribution >= 4 is 17.7 Å². The molecule has 31 atom stereocenters. The Balaban J connectivity index is 1.47. The molecule has 5 heterocycles. The number of hydrogen-bond acceptors (Lipinski definition) is 35. The van der Waals surface area contributed by atoms with E-state index in [-0.39, 0.29) is 0 Å². The van der Waals surface area contributed by atoms with Crippen LogP contribution in [0.3, 0.4) is 0 Å². The minimum absolute atomic E-state index is 0.528. The molecule has 38 heteroatoms. The van der Waals surface area contributed by atoms with Gasteiger partial charge in [-0.3, -0.25) is 14.4 Å². The van der Waals surface area contributed by atoms with Crippen LogP contribution in [0.15, 0.2) is 11.5 Å². The number of nitrogens with one attached hydrogen (secondary N) is 3. The highest BCUT2D eigenvalue weighted by molar-refractivity contribution is 5.74.